The summed E-state index contributed by atoms with van der Waals surface area (Å²) in [5.74, 6) is 0.392. The van der Waals surface area contributed by atoms with E-state index in [1.165, 1.54) is 43.5 Å². The molecular weight excluding hydrogens is 653 g/mol. The highest BCUT2D eigenvalue weighted by Gasteiger charge is 2.15. The van der Waals surface area contributed by atoms with E-state index >= 15 is 0 Å². The van der Waals surface area contributed by atoms with E-state index in [0.29, 0.717) is 5.92 Å². The Bertz CT molecular complexity index is 2290. The van der Waals surface area contributed by atoms with Crippen molar-refractivity contribution < 1.29 is 0 Å². The molecule has 1 aliphatic rings. The lowest BCUT2D eigenvalue weighted by Gasteiger charge is -2.19. The number of hydrogen-bond acceptors (Lipinski definition) is 3. The summed E-state index contributed by atoms with van der Waals surface area (Å²) in [5.41, 5.74) is 22.4. The lowest BCUT2D eigenvalue weighted by molar-refractivity contribution is 0.713. The number of fused-ring (bicyclic) bond motifs is 3. The van der Waals surface area contributed by atoms with Crippen LogP contribution in [0.4, 0.5) is 5.69 Å². The van der Waals surface area contributed by atoms with Crippen molar-refractivity contribution in [2.45, 2.75) is 39.3 Å². The highest BCUT2D eigenvalue weighted by Crippen LogP contribution is 2.35. The van der Waals surface area contributed by atoms with Crippen LogP contribution >= 0.6 is 10.9 Å². The van der Waals surface area contributed by atoms with Crippen LogP contribution in [0.5, 0.6) is 0 Å². The number of nitrogens with zero attached hydrogens (tertiary/aromatic N) is 1. The Morgan fingerprint density at radius 3 is 2.25 bits per heavy atom. The third-order valence-corrected chi connectivity index (χ3v) is 10.1. The Morgan fingerprint density at radius 2 is 1.48 bits per heavy atom. The average Bonchev–Trinajstić information content (AvgIpc) is 3.54. The van der Waals surface area contributed by atoms with Crippen LogP contribution in [0.3, 0.4) is 0 Å². The number of para-hydroxylation sites is 3. The summed E-state index contributed by atoms with van der Waals surface area (Å²) in [6, 6.07) is 44.6. The lowest BCUT2D eigenvalue weighted by Crippen LogP contribution is -2.31. The SMILES string of the molecule is C/C=C\C(C)NNc1ccccc1C(N)c1ccccc1.C=CC(C)/C=C\C1=S=CC=C(c2ccc3c(c2)c2ccccc2n3-c2ccccc2)C1. The zero-order valence-electron chi connectivity index (χ0n) is 30.2. The summed E-state index contributed by atoms with van der Waals surface area (Å²) >= 11 is 0. The first-order valence-electron chi connectivity index (χ1n) is 17.9. The quantitative estimate of drug-likeness (QED) is 0.0546. The van der Waals surface area contributed by atoms with Crippen molar-refractivity contribution in [1.29, 1.82) is 0 Å². The molecule has 1 aliphatic heterocycles. The molecule has 52 heavy (non-hydrogen) atoms. The van der Waals surface area contributed by atoms with Crippen molar-refractivity contribution in [3.05, 3.63) is 187 Å². The van der Waals surface area contributed by atoms with E-state index in [-0.39, 0.29) is 12.1 Å². The topological polar surface area (TPSA) is 55.0 Å². The van der Waals surface area contributed by atoms with Gasteiger partial charge < -0.3 is 15.7 Å². The average molecular weight is 701 g/mol. The number of allylic oxidation sites excluding steroid dienone is 6. The van der Waals surface area contributed by atoms with Crippen molar-refractivity contribution in [1.82, 2.24) is 9.99 Å². The molecule has 0 radical (unpaired) electrons. The summed E-state index contributed by atoms with van der Waals surface area (Å²) in [6.45, 7) is 10.1. The number of rotatable bonds is 11. The molecule has 5 aromatic carbocycles. The second-order valence-corrected chi connectivity index (χ2v) is 14.1. The van der Waals surface area contributed by atoms with Gasteiger partial charge in [0.05, 0.1) is 22.8 Å². The number of aromatic nitrogens is 1. The molecule has 0 saturated carbocycles. The van der Waals surface area contributed by atoms with Crippen molar-refractivity contribution >= 4 is 54.2 Å². The van der Waals surface area contributed by atoms with Crippen molar-refractivity contribution in [3.8, 4) is 5.69 Å². The first-order chi connectivity index (χ1) is 25.5. The largest absolute Gasteiger partial charge is 0.321 e. The third kappa shape index (κ3) is 8.70. The van der Waals surface area contributed by atoms with Gasteiger partial charge in [-0.3, -0.25) is 0 Å². The number of anilines is 1. The molecule has 0 bridgehead atoms. The summed E-state index contributed by atoms with van der Waals surface area (Å²) in [7, 11) is 1.81. The molecule has 7 rings (SSSR count). The first-order valence-corrected chi connectivity index (χ1v) is 18.8. The molecule has 4 N–H and O–H groups in total. The smallest absolute Gasteiger partial charge is 0.0572 e. The lowest BCUT2D eigenvalue weighted by atomic mass is 9.98. The van der Waals surface area contributed by atoms with Crippen LogP contribution in [0.25, 0.3) is 33.1 Å². The van der Waals surface area contributed by atoms with Gasteiger partial charge in [0, 0.05) is 33.8 Å². The van der Waals surface area contributed by atoms with Gasteiger partial charge in [0.15, 0.2) is 0 Å². The summed E-state index contributed by atoms with van der Waals surface area (Å²) in [5, 5.41) is 4.80. The predicted octanol–water partition coefficient (Wildman–Crippen LogP) is 11.3. The fraction of sp³-hybridized carbons (Fsp3) is 0.149. The van der Waals surface area contributed by atoms with Crippen LogP contribution in [0.2, 0.25) is 0 Å². The summed E-state index contributed by atoms with van der Waals surface area (Å²) < 4.78 is 2.36. The Morgan fingerprint density at radius 1 is 0.788 bits per heavy atom. The molecule has 5 heteroatoms. The maximum absolute atomic E-state index is 6.40. The zero-order chi connectivity index (χ0) is 36.3. The monoisotopic (exact) mass is 700 g/mol. The van der Waals surface area contributed by atoms with Crippen LogP contribution in [0.15, 0.2) is 170 Å². The van der Waals surface area contributed by atoms with Crippen LogP contribution < -0.4 is 16.6 Å². The fourth-order valence-corrected chi connectivity index (χ4v) is 7.21. The Hall–Kier alpha value is -5.46. The maximum atomic E-state index is 6.40. The second kappa shape index (κ2) is 17.7. The van der Waals surface area contributed by atoms with Crippen LogP contribution in [-0.4, -0.2) is 20.8 Å². The Labute approximate surface area is 312 Å². The molecule has 3 unspecified atom stereocenters. The van der Waals surface area contributed by atoms with E-state index in [2.05, 4.69) is 157 Å². The number of nitrogens with one attached hydrogen (secondary N) is 2. The van der Waals surface area contributed by atoms with E-state index in [9.17, 15) is 0 Å². The van der Waals surface area contributed by atoms with Crippen LogP contribution in [0, 0.1) is 5.92 Å². The van der Waals surface area contributed by atoms with Gasteiger partial charge in [-0.05, 0) is 89.9 Å². The highest BCUT2D eigenvalue weighted by molar-refractivity contribution is 7.97. The molecular formula is C47H48N4S. The second-order valence-electron chi connectivity index (χ2n) is 13.0. The van der Waals surface area contributed by atoms with Crippen LogP contribution in [0.1, 0.15) is 49.9 Å². The molecule has 0 saturated heterocycles. The standard InChI is InChI=1S/C29H25NS.C18H23N3/c1-3-21(2)13-15-25-19-23(17-18-31-25)22-14-16-29-27(20-22)26-11-7-8-12-28(26)30(29)24-9-5-4-6-10-24;1-3-9-14(2)20-21-17-13-8-7-12-16(17)18(19)15-10-5-4-6-11-15/h3-18,20-21H,1,19H2,2H3;3-14,18,20-21H,19H2,1-2H3/b15-13-;9-3-. The van der Waals surface area contributed by atoms with E-state index < -0.39 is 0 Å². The van der Waals surface area contributed by atoms with E-state index in [1.54, 1.807) is 0 Å². The van der Waals surface area contributed by atoms with Gasteiger partial charge in [-0.2, -0.15) is 0 Å². The zero-order valence-corrected chi connectivity index (χ0v) is 31.1. The molecule has 0 aliphatic carbocycles. The summed E-state index contributed by atoms with van der Waals surface area (Å²) in [6.07, 6.45) is 13.8. The first kappa shape index (κ1) is 36.3. The van der Waals surface area contributed by atoms with Gasteiger partial charge in [0.1, 0.15) is 0 Å². The third-order valence-electron chi connectivity index (χ3n) is 9.24. The van der Waals surface area contributed by atoms with Gasteiger partial charge in [0.2, 0.25) is 0 Å². The molecule has 6 aromatic rings. The molecule has 262 valence electrons. The molecule has 3 atom stereocenters. The summed E-state index contributed by atoms with van der Waals surface area (Å²) in [4.78, 5) is 1.37. The van der Waals surface area contributed by atoms with Crippen molar-refractivity contribution in [2.75, 3.05) is 5.43 Å². The van der Waals surface area contributed by atoms with E-state index in [4.69, 9.17) is 5.73 Å². The van der Waals surface area contributed by atoms with Crippen molar-refractivity contribution in [2.24, 2.45) is 11.7 Å². The molecule has 0 spiro atoms. The number of benzene rings is 5. The molecule has 4 nitrogen and oxygen atoms in total. The van der Waals surface area contributed by atoms with E-state index in [1.807, 2.05) is 66.4 Å². The predicted molar refractivity (Wildman–Crippen MR) is 230 cm³/mol. The molecule has 2 heterocycles. The minimum absolute atomic E-state index is 0.145. The van der Waals surface area contributed by atoms with E-state index in [0.717, 1.165) is 23.2 Å². The Kier molecular flexibility index (Phi) is 12.3. The van der Waals surface area contributed by atoms with Crippen molar-refractivity contribution in [3.63, 3.8) is 0 Å². The van der Waals surface area contributed by atoms with Crippen LogP contribution in [-0.2, 0) is 0 Å². The van der Waals surface area contributed by atoms with Gasteiger partial charge in [-0.15, -0.1) is 17.5 Å². The highest BCUT2D eigenvalue weighted by atomic mass is 32.1. The van der Waals surface area contributed by atoms with Gasteiger partial charge in [-0.1, -0.05) is 128 Å². The Balaban J connectivity index is 0.000000194. The maximum Gasteiger partial charge on any atom is 0.0572 e. The fourth-order valence-electron chi connectivity index (χ4n) is 6.40. The molecule has 0 fully saturated rings. The number of nitrogens with two attached hydrogens (primary N) is 1. The number of hydrogen-bond donors (Lipinski definition) is 3. The van der Waals surface area contributed by atoms with Gasteiger partial charge >= 0.3 is 0 Å². The minimum atomic E-state index is -0.145. The normalized spacial score (nSPS) is 14.6. The van der Waals surface area contributed by atoms with Gasteiger partial charge in [-0.25, -0.2) is 5.43 Å². The van der Waals surface area contributed by atoms with Gasteiger partial charge in [0.25, 0.3) is 0 Å². The molecule has 0 amide bonds. The molecule has 1 aromatic heterocycles. The minimum Gasteiger partial charge on any atom is -0.321 e. The number of hydrazine groups is 1.